The van der Waals surface area contributed by atoms with Gasteiger partial charge in [0.1, 0.15) is 11.4 Å². The number of carboxylic acid groups (broad SMARTS) is 1. The number of benzene rings is 4. The van der Waals surface area contributed by atoms with Crippen LogP contribution in [0.15, 0.2) is 100 Å². The molecule has 0 aliphatic carbocycles. The summed E-state index contributed by atoms with van der Waals surface area (Å²) in [5.41, 5.74) is -0.0992. The number of aromatic hydroxyl groups is 1. The van der Waals surface area contributed by atoms with Crippen LogP contribution in [0.4, 0.5) is 22.7 Å². The number of phenols is 1. The number of nitrogens with zero attached hydrogens (tertiary/aromatic N) is 4. The van der Waals surface area contributed by atoms with Gasteiger partial charge < -0.3 is 10.2 Å². The lowest BCUT2D eigenvalue weighted by molar-refractivity contribution is -0.432. The van der Waals surface area contributed by atoms with Gasteiger partial charge in [0.15, 0.2) is 5.75 Å². The van der Waals surface area contributed by atoms with E-state index in [0.717, 1.165) is 24.2 Å². The average molecular weight is 715 g/mol. The monoisotopic (exact) mass is 714 g/mol. The minimum Gasteiger partial charge on any atom is -0.505 e. The summed E-state index contributed by atoms with van der Waals surface area (Å²) in [5.74, 6) is -1.89. The van der Waals surface area contributed by atoms with Crippen molar-refractivity contribution in [3.63, 3.8) is 0 Å². The van der Waals surface area contributed by atoms with Gasteiger partial charge in [0.05, 0.1) is 50.8 Å². The summed E-state index contributed by atoms with van der Waals surface area (Å²) in [6, 6.07) is 13.8. The van der Waals surface area contributed by atoms with E-state index >= 15 is 0 Å². The summed E-state index contributed by atoms with van der Waals surface area (Å²) in [7, 11) is -4.60. The van der Waals surface area contributed by atoms with Crippen molar-refractivity contribution in [2.75, 3.05) is 0 Å². The summed E-state index contributed by atoms with van der Waals surface area (Å²) in [6.07, 6.45) is 0. The molecule has 0 aliphatic heterocycles. The molecule has 0 fully saturated rings. The lowest BCUT2D eigenvalue weighted by Gasteiger charge is -2.11. The molecule has 0 aromatic heterocycles. The van der Waals surface area contributed by atoms with Crippen LogP contribution in [0.3, 0.4) is 0 Å². The number of azo groups is 2. The highest BCUT2D eigenvalue weighted by molar-refractivity contribution is 9.10. The van der Waals surface area contributed by atoms with Crippen molar-refractivity contribution in [1.82, 2.24) is 0 Å². The Labute approximate surface area is 257 Å². The molecule has 0 atom stereocenters. The largest absolute Gasteiger partial charge is 0.505 e. The highest BCUT2D eigenvalue weighted by Gasteiger charge is 2.21. The summed E-state index contributed by atoms with van der Waals surface area (Å²) < 4.78 is 41.6. The molecule has 4 aromatic carbocycles. The first-order chi connectivity index (χ1) is 20.5. The van der Waals surface area contributed by atoms with Gasteiger partial charge in [-0.3, -0.25) is 4.55 Å². The number of carboxylic acids is 1. The molecule has 224 valence electrons. The van der Waals surface area contributed by atoms with Gasteiger partial charge in [-0.15, -0.1) is 18.9 Å². The van der Waals surface area contributed by atoms with Crippen LogP contribution in [0.25, 0.3) is 10.8 Å². The molecule has 5 N–H and O–H groups in total. The van der Waals surface area contributed by atoms with Crippen LogP contribution >= 0.6 is 40.0 Å². The summed E-state index contributed by atoms with van der Waals surface area (Å²) in [4.78, 5) is 12.1. The van der Waals surface area contributed by atoms with Gasteiger partial charge >= 0.3 is 5.97 Å². The van der Waals surface area contributed by atoms with Gasteiger partial charge in [0, 0.05) is 14.8 Å². The second-order valence-electron chi connectivity index (χ2n) is 7.90. The van der Waals surface area contributed by atoms with Gasteiger partial charge in [-0.2, -0.15) is 18.6 Å². The molecule has 0 amide bonds. The smallest absolute Gasteiger partial charge is 0.338 e. The third-order valence-corrected chi connectivity index (χ3v) is 7.94. The van der Waals surface area contributed by atoms with Crippen LogP contribution in [0.1, 0.15) is 10.4 Å². The van der Waals surface area contributed by atoms with Crippen LogP contribution in [0.5, 0.6) is 5.75 Å². The molecule has 4 aromatic rings. The number of phenolic OH excluding ortho intramolecular Hbond substituents is 1. The van der Waals surface area contributed by atoms with Crippen molar-refractivity contribution in [2.24, 2.45) is 20.5 Å². The van der Waals surface area contributed by atoms with Crippen LogP contribution in [-0.2, 0) is 28.9 Å². The molecule has 0 unspecified atom stereocenters. The topological polar surface area (TPSA) is 239 Å². The number of hydrogen-bond acceptors (Lipinski definition) is 16. The SMILES string of the molecule is O=C(O)c1cc(/N=N/c2ccc(SOOO)cc2)ccc1/N=N/c1c(SOOO)cc2cc(S(=O)(=O)O)cc(Br)c2c1O. The average Bonchev–Trinajstić information content (AvgIpc) is 2.97. The van der Waals surface area contributed by atoms with E-state index in [9.17, 15) is 28.0 Å². The van der Waals surface area contributed by atoms with E-state index in [2.05, 4.69) is 55.1 Å². The molecule has 0 saturated carbocycles. The highest BCUT2D eigenvalue weighted by Crippen LogP contribution is 2.47. The molecule has 16 nitrogen and oxygen atoms in total. The predicted octanol–water partition coefficient (Wildman–Crippen LogP) is 7.94. The normalized spacial score (nSPS) is 12.1. The Morgan fingerprint density at radius 1 is 0.837 bits per heavy atom. The fourth-order valence-corrected chi connectivity index (χ4v) is 5.67. The molecule has 0 heterocycles. The maximum Gasteiger partial charge on any atom is 0.338 e. The Kier molecular flexibility index (Phi) is 10.8. The Morgan fingerprint density at radius 3 is 2.14 bits per heavy atom. The van der Waals surface area contributed by atoms with Crippen molar-refractivity contribution in [3.8, 4) is 5.75 Å². The second kappa shape index (κ2) is 14.3. The third-order valence-electron chi connectivity index (χ3n) is 5.27. The molecule has 0 aliphatic rings. The summed E-state index contributed by atoms with van der Waals surface area (Å²) in [6.45, 7) is 0. The molecule has 0 spiro atoms. The van der Waals surface area contributed by atoms with Gasteiger partial charge in [-0.1, -0.05) is 10.1 Å². The van der Waals surface area contributed by atoms with E-state index in [1.165, 1.54) is 24.3 Å². The number of fused-ring (bicyclic) bond motifs is 1. The Morgan fingerprint density at radius 2 is 1.49 bits per heavy atom. The van der Waals surface area contributed by atoms with Crippen molar-refractivity contribution >= 4 is 89.6 Å². The zero-order valence-electron chi connectivity index (χ0n) is 20.8. The lowest BCUT2D eigenvalue weighted by atomic mass is 10.1. The number of hydrogen-bond donors (Lipinski definition) is 5. The van der Waals surface area contributed by atoms with Crippen molar-refractivity contribution in [2.45, 2.75) is 14.7 Å². The van der Waals surface area contributed by atoms with Gasteiger partial charge in [-0.05, 0) is 82.0 Å². The van der Waals surface area contributed by atoms with Crippen LogP contribution in [0, 0.1) is 0 Å². The lowest BCUT2D eigenvalue weighted by Crippen LogP contribution is -1.98. The van der Waals surface area contributed by atoms with Crippen molar-refractivity contribution in [3.05, 3.63) is 70.7 Å². The van der Waals surface area contributed by atoms with E-state index in [1.54, 1.807) is 24.3 Å². The minimum absolute atomic E-state index is 0.0376. The zero-order valence-corrected chi connectivity index (χ0v) is 24.8. The number of halogens is 1. The number of rotatable bonds is 12. The fourth-order valence-electron chi connectivity index (χ4n) is 3.46. The van der Waals surface area contributed by atoms with Crippen LogP contribution in [0.2, 0.25) is 0 Å². The van der Waals surface area contributed by atoms with E-state index in [1.807, 2.05) is 0 Å². The Hall–Kier alpha value is -3.54. The van der Waals surface area contributed by atoms with Crippen molar-refractivity contribution in [1.29, 1.82) is 0 Å². The van der Waals surface area contributed by atoms with E-state index < -0.39 is 26.7 Å². The Bertz CT molecular complexity index is 1840. The molecule has 0 bridgehead atoms. The first kappa shape index (κ1) is 32.4. The Balaban J connectivity index is 1.70. The third kappa shape index (κ3) is 8.10. The molecule has 0 saturated heterocycles. The molecular formula is C23H15BrN4O12S3. The van der Waals surface area contributed by atoms with Crippen LogP contribution in [-0.4, -0.2) is 39.7 Å². The summed E-state index contributed by atoms with van der Waals surface area (Å²) >= 11 is 4.28. The quantitative estimate of drug-likeness (QED) is 0.0308. The minimum atomic E-state index is -4.60. The summed E-state index contributed by atoms with van der Waals surface area (Å²) in [5, 5.41) is 60.9. The standard InChI is InChI=1S/C23H15BrN4O12S3/c24-17-10-15(43(34,35)36)7-11-8-19(42-40-38-33)21(22(29)20(11)17)28-27-18-6-3-13(9-16(18)23(30)31)26-25-12-1-4-14(5-2-12)41-39-37-32/h1-10,29,32-33H,(H,30,31)(H,34,35,36)/b26-25+,28-27+. The second-order valence-corrected chi connectivity index (χ2v) is 11.7. The number of aromatic carboxylic acids is 1. The zero-order chi connectivity index (χ0) is 31.1. The molecular weight excluding hydrogens is 700 g/mol. The van der Waals surface area contributed by atoms with E-state index in [0.29, 0.717) is 22.6 Å². The van der Waals surface area contributed by atoms with E-state index in [4.69, 9.17) is 10.5 Å². The van der Waals surface area contributed by atoms with Crippen LogP contribution < -0.4 is 0 Å². The number of carbonyl (C=O) groups is 1. The maximum absolute atomic E-state index is 12.0. The fraction of sp³-hybridized carbons (Fsp3) is 0. The van der Waals surface area contributed by atoms with Gasteiger partial charge in [-0.25, -0.2) is 15.3 Å². The molecule has 0 radical (unpaired) electrons. The first-order valence-electron chi connectivity index (χ1n) is 11.1. The molecule has 20 heteroatoms. The van der Waals surface area contributed by atoms with Crippen molar-refractivity contribution < 1.29 is 57.2 Å². The molecule has 4 rings (SSSR count). The predicted molar refractivity (Wildman–Crippen MR) is 153 cm³/mol. The maximum atomic E-state index is 12.0. The van der Waals surface area contributed by atoms with E-state index in [-0.39, 0.29) is 42.8 Å². The van der Waals surface area contributed by atoms with Gasteiger partial charge in [0.25, 0.3) is 10.1 Å². The highest BCUT2D eigenvalue weighted by atomic mass is 79.9. The first-order valence-corrected chi connectivity index (χ1v) is 14.8. The molecule has 43 heavy (non-hydrogen) atoms. The van der Waals surface area contributed by atoms with Gasteiger partial charge in [0.2, 0.25) is 0 Å².